The number of hydrogen-bond donors (Lipinski definition) is 8. The van der Waals surface area contributed by atoms with E-state index in [1.807, 2.05) is 0 Å². The summed E-state index contributed by atoms with van der Waals surface area (Å²) in [6.45, 7) is 0.176. The molecule has 3 aliphatic rings. The summed E-state index contributed by atoms with van der Waals surface area (Å²) in [6, 6.07) is 1.30. The standard InChI is InChI=1S/C26H25ClN6O10S3.C2HF3O2/c27-14-11(1-2-13(34)18(14)35)19(36)29-5-6-44-7-10-8-45-22-16(21(38)33(22)17(10)23(39)40)31-20(37)15(12-9-46-25(28)30-12)32-43-26(3-4-26)24(41)42;3-2(4,5)1(6)7/h1-2,9,16,22,34-35H,3-8H2,(H2,28,30)(H,29,36)(H,31,37)(H,39,40)(H,41,42);(H,6,7)/b32-15-;/t16-,22-;/m1./s1. The number of nitrogen functional groups attached to an aromatic ring is 1. The van der Waals surface area contributed by atoms with E-state index < -0.39 is 70.3 Å². The molecule has 53 heavy (non-hydrogen) atoms. The summed E-state index contributed by atoms with van der Waals surface area (Å²) in [5, 5.41) is 55.1. The molecule has 18 nitrogen and oxygen atoms in total. The normalized spacial score (nSPS) is 18.8. The van der Waals surface area contributed by atoms with Crippen molar-refractivity contribution in [2.45, 2.75) is 36.0 Å². The van der Waals surface area contributed by atoms with Crippen LogP contribution in [0.3, 0.4) is 0 Å². The minimum Gasteiger partial charge on any atom is -0.504 e. The van der Waals surface area contributed by atoms with Crippen molar-refractivity contribution in [1.29, 1.82) is 0 Å². The first-order chi connectivity index (χ1) is 24.8. The number of phenols is 2. The lowest BCUT2D eigenvalue weighted by Crippen LogP contribution is -2.71. The van der Waals surface area contributed by atoms with Gasteiger partial charge in [0.2, 0.25) is 5.60 Å². The third kappa shape index (κ3) is 9.36. The number of nitrogens with one attached hydrogen (secondary N) is 2. The van der Waals surface area contributed by atoms with Crippen LogP contribution in [0.5, 0.6) is 11.5 Å². The highest BCUT2D eigenvalue weighted by Gasteiger charge is 2.56. The van der Waals surface area contributed by atoms with Crippen LogP contribution in [0.2, 0.25) is 5.02 Å². The van der Waals surface area contributed by atoms with E-state index in [1.165, 1.54) is 35.0 Å². The topological polar surface area (TPSA) is 291 Å². The lowest BCUT2D eigenvalue weighted by Gasteiger charge is -2.49. The molecule has 1 saturated carbocycles. The number of β-lactam (4-membered cyclic amide) rings is 1. The maximum Gasteiger partial charge on any atom is 0.490 e. The van der Waals surface area contributed by atoms with Gasteiger partial charge in [0.1, 0.15) is 22.8 Å². The molecular formula is C28H26ClF3N6O12S3. The molecule has 5 rings (SSSR count). The van der Waals surface area contributed by atoms with E-state index >= 15 is 0 Å². The molecule has 3 heterocycles. The summed E-state index contributed by atoms with van der Waals surface area (Å²) in [5.41, 5.74) is 4.05. The minimum absolute atomic E-state index is 0.0204. The predicted molar refractivity (Wildman–Crippen MR) is 182 cm³/mol. The summed E-state index contributed by atoms with van der Waals surface area (Å²) >= 11 is 9.50. The number of carboxylic acids is 3. The summed E-state index contributed by atoms with van der Waals surface area (Å²) < 4.78 is 31.7. The monoisotopic (exact) mass is 826 g/mol. The molecule has 2 aromatic rings. The van der Waals surface area contributed by atoms with Gasteiger partial charge in [-0.25, -0.2) is 19.4 Å². The van der Waals surface area contributed by atoms with E-state index in [2.05, 4.69) is 20.8 Å². The second-order valence-corrected chi connectivity index (χ2v) is 14.4. The number of fused-ring (bicyclic) bond motifs is 1. The number of aliphatic carboxylic acids is 3. The van der Waals surface area contributed by atoms with Gasteiger partial charge in [-0.1, -0.05) is 16.8 Å². The molecular weight excluding hydrogens is 801 g/mol. The smallest absolute Gasteiger partial charge is 0.490 e. The van der Waals surface area contributed by atoms with Crippen molar-refractivity contribution >= 4 is 92.9 Å². The van der Waals surface area contributed by atoms with Crippen molar-refractivity contribution in [2.24, 2.45) is 5.16 Å². The average Bonchev–Trinajstić information content (AvgIpc) is 3.77. The Morgan fingerprint density at radius 3 is 2.38 bits per heavy atom. The zero-order valence-corrected chi connectivity index (χ0v) is 29.6. The van der Waals surface area contributed by atoms with Gasteiger partial charge in [-0.2, -0.15) is 24.9 Å². The number of anilines is 1. The second kappa shape index (κ2) is 16.4. The van der Waals surface area contributed by atoms with Crippen LogP contribution in [-0.4, -0.2) is 124 Å². The number of oxime groups is 1. The van der Waals surface area contributed by atoms with Gasteiger partial charge in [-0.15, -0.1) is 23.1 Å². The molecule has 3 amide bonds. The number of aromatic hydroxyl groups is 2. The summed E-state index contributed by atoms with van der Waals surface area (Å²) in [5.74, 6) is -7.62. The molecule has 0 spiro atoms. The van der Waals surface area contributed by atoms with Gasteiger partial charge >= 0.3 is 24.1 Å². The summed E-state index contributed by atoms with van der Waals surface area (Å²) in [7, 11) is 0. The van der Waals surface area contributed by atoms with Gasteiger partial charge in [-0.05, 0) is 17.7 Å². The molecule has 9 N–H and O–H groups in total. The molecule has 2 atom stereocenters. The second-order valence-electron chi connectivity index (χ2n) is 10.9. The molecule has 2 aliphatic heterocycles. The van der Waals surface area contributed by atoms with E-state index in [4.69, 9.17) is 32.1 Å². The van der Waals surface area contributed by atoms with Crippen LogP contribution in [0.4, 0.5) is 18.3 Å². The molecule has 1 aromatic carbocycles. The third-order valence-electron chi connectivity index (χ3n) is 7.31. The van der Waals surface area contributed by atoms with E-state index in [9.17, 15) is 57.6 Å². The Morgan fingerprint density at radius 1 is 1.17 bits per heavy atom. The molecule has 286 valence electrons. The highest BCUT2D eigenvalue weighted by atomic mass is 35.5. The number of carboxylic acid groups (broad SMARTS) is 3. The number of nitrogens with zero attached hydrogens (tertiary/aromatic N) is 3. The number of nitrogens with two attached hydrogens (primary N) is 1. The van der Waals surface area contributed by atoms with Crippen molar-refractivity contribution in [3.05, 3.63) is 45.1 Å². The number of hydrogen-bond acceptors (Lipinski definition) is 15. The summed E-state index contributed by atoms with van der Waals surface area (Å²) in [4.78, 5) is 81.7. The van der Waals surface area contributed by atoms with Crippen molar-refractivity contribution in [2.75, 3.05) is 29.5 Å². The van der Waals surface area contributed by atoms with Crippen LogP contribution >= 0.6 is 46.5 Å². The first-order valence-corrected chi connectivity index (χ1v) is 18.0. The van der Waals surface area contributed by atoms with Crippen molar-refractivity contribution in [3.8, 4) is 11.5 Å². The molecule has 0 unspecified atom stereocenters. The quantitative estimate of drug-likeness (QED) is 0.0468. The van der Waals surface area contributed by atoms with Crippen LogP contribution in [0.15, 0.2) is 33.9 Å². The number of benzene rings is 1. The number of rotatable bonds is 13. The number of aromatic nitrogens is 1. The van der Waals surface area contributed by atoms with Gasteiger partial charge in [-0.3, -0.25) is 19.3 Å². The molecule has 1 aliphatic carbocycles. The number of thioether (sulfide) groups is 2. The molecule has 2 fully saturated rings. The number of carbonyl (C=O) groups is 6. The number of phenolic OH excluding ortho intramolecular Hbond substituents is 2. The van der Waals surface area contributed by atoms with Crippen molar-refractivity contribution < 1.29 is 72.3 Å². The highest BCUT2D eigenvalue weighted by Crippen LogP contribution is 2.42. The lowest BCUT2D eigenvalue weighted by atomic mass is 10.0. The Bertz CT molecular complexity index is 1910. The molecule has 1 saturated heterocycles. The zero-order chi connectivity index (χ0) is 39.4. The maximum absolute atomic E-state index is 13.2. The molecule has 25 heteroatoms. The number of carbonyl (C=O) groups excluding carboxylic acids is 3. The Hall–Kier alpha value is -4.94. The Balaban J connectivity index is 0.000000815. The Labute approximate surface area is 312 Å². The van der Waals surface area contributed by atoms with E-state index in [1.54, 1.807) is 0 Å². The number of alkyl halides is 3. The molecule has 1 aromatic heterocycles. The van der Waals surface area contributed by atoms with Crippen molar-refractivity contribution in [1.82, 2.24) is 20.5 Å². The van der Waals surface area contributed by atoms with Crippen LogP contribution in [0, 0.1) is 0 Å². The number of thiazole rings is 1. The van der Waals surface area contributed by atoms with Crippen molar-refractivity contribution in [3.63, 3.8) is 0 Å². The Kier molecular flexibility index (Phi) is 12.6. The number of halogens is 4. The van der Waals surface area contributed by atoms with Gasteiger partial charge < -0.3 is 46.7 Å². The largest absolute Gasteiger partial charge is 0.504 e. The predicted octanol–water partition coefficient (Wildman–Crippen LogP) is 1.66. The van der Waals surface area contributed by atoms with Crippen LogP contribution in [0.1, 0.15) is 28.9 Å². The van der Waals surface area contributed by atoms with Gasteiger partial charge in [0.25, 0.3) is 17.7 Å². The molecule has 0 bridgehead atoms. The van der Waals surface area contributed by atoms with E-state index in [0.717, 1.165) is 22.3 Å². The van der Waals surface area contributed by atoms with Crippen LogP contribution in [0.25, 0.3) is 0 Å². The lowest BCUT2D eigenvalue weighted by molar-refractivity contribution is -0.192. The first kappa shape index (κ1) is 40.8. The SMILES string of the molecule is Nc1nc(/C(=N/OC2(C(=O)O)CC2)C(=O)N[C@@H]2C(=O)N3C(C(=O)O)=C(CSCCNC(=O)c4ccc(O)c(O)c4Cl)CS[C@H]23)cs1.O=C(O)C(F)(F)F. The van der Waals surface area contributed by atoms with E-state index in [-0.39, 0.29) is 63.7 Å². The average molecular weight is 827 g/mol. The Morgan fingerprint density at radius 2 is 1.83 bits per heavy atom. The van der Waals surface area contributed by atoms with Gasteiger partial charge in [0.05, 0.1) is 10.6 Å². The van der Waals surface area contributed by atoms with Gasteiger partial charge in [0.15, 0.2) is 22.3 Å². The van der Waals surface area contributed by atoms with E-state index in [0.29, 0.717) is 11.3 Å². The maximum atomic E-state index is 13.2. The molecule has 0 radical (unpaired) electrons. The van der Waals surface area contributed by atoms with Gasteiger partial charge in [0, 0.05) is 42.0 Å². The highest BCUT2D eigenvalue weighted by molar-refractivity contribution is 8.01. The summed E-state index contributed by atoms with van der Waals surface area (Å²) in [6.07, 6.45) is -4.68. The zero-order valence-electron chi connectivity index (χ0n) is 26.4. The van der Waals surface area contributed by atoms with Crippen LogP contribution < -0.4 is 16.4 Å². The van der Waals surface area contributed by atoms with Crippen LogP contribution in [-0.2, 0) is 28.8 Å². The third-order valence-corrected chi connectivity index (χ3v) is 10.8. The first-order valence-electron chi connectivity index (χ1n) is 14.6. The number of amides is 3. The fourth-order valence-electron chi connectivity index (χ4n) is 4.45. The minimum atomic E-state index is -5.08. The fraction of sp³-hybridized carbons (Fsp3) is 0.357. The fourth-order valence-corrected chi connectivity index (χ4v) is 7.60.